The van der Waals surface area contributed by atoms with Gasteiger partial charge in [0.1, 0.15) is 0 Å². The van der Waals surface area contributed by atoms with E-state index in [2.05, 4.69) is 59.0 Å². The second-order valence-electron chi connectivity index (χ2n) is 6.53. The van der Waals surface area contributed by atoms with Crippen molar-refractivity contribution in [2.24, 2.45) is 0 Å². The zero-order valence-corrected chi connectivity index (χ0v) is 14.6. The second-order valence-corrected chi connectivity index (χ2v) is 7.40. The lowest BCUT2D eigenvalue weighted by Gasteiger charge is -2.03. The fraction of sp³-hybridized carbons (Fsp3) is 0. The predicted octanol–water partition coefficient (Wildman–Crippen LogP) is 7.30. The first-order chi connectivity index (χ1) is 12.2. The van der Waals surface area contributed by atoms with Crippen molar-refractivity contribution in [3.8, 4) is 0 Å². The number of benzene rings is 4. The molecular formula is C22H11Cl2N. The normalized spacial score (nSPS) is 12.4. The van der Waals surface area contributed by atoms with Crippen molar-refractivity contribution < 1.29 is 0 Å². The lowest BCUT2D eigenvalue weighted by Crippen LogP contribution is -1.79. The van der Waals surface area contributed by atoms with Gasteiger partial charge in [-0.05, 0) is 47.2 Å². The molecule has 0 aliphatic heterocycles. The maximum atomic E-state index is 6.32. The molecule has 0 saturated heterocycles. The predicted molar refractivity (Wildman–Crippen MR) is 109 cm³/mol. The quantitative estimate of drug-likeness (QED) is 0.268. The highest BCUT2D eigenvalue weighted by atomic mass is 35.5. The van der Waals surface area contributed by atoms with Gasteiger partial charge in [0.25, 0.3) is 0 Å². The lowest BCUT2D eigenvalue weighted by atomic mass is 10.0. The molecule has 1 nitrogen and oxygen atoms in total. The van der Waals surface area contributed by atoms with E-state index >= 15 is 0 Å². The first kappa shape index (κ1) is 13.8. The summed E-state index contributed by atoms with van der Waals surface area (Å²) in [4.78, 5) is 0. The number of nitrogens with zero attached hydrogens (tertiary/aromatic N) is 1. The maximum absolute atomic E-state index is 6.32. The van der Waals surface area contributed by atoms with Crippen molar-refractivity contribution >= 4 is 72.1 Å². The third-order valence-corrected chi connectivity index (χ3v) is 5.68. The number of aromatic nitrogens is 1. The Hall–Kier alpha value is -2.48. The van der Waals surface area contributed by atoms with Gasteiger partial charge in [0.2, 0.25) is 0 Å². The Balaban J connectivity index is 2.09. The molecule has 4 aromatic carbocycles. The first-order valence-corrected chi connectivity index (χ1v) is 8.94. The van der Waals surface area contributed by atoms with E-state index < -0.39 is 0 Å². The molecule has 6 aromatic rings. The minimum atomic E-state index is 0.755. The van der Waals surface area contributed by atoms with Crippen LogP contribution in [0.4, 0.5) is 0 Å². The zero-order valence-electron chi connectivity index (χ0n) is 13.1. The molecule has 0 fully saturated rings. The van der Waals surface area contributed by atoms with E-state index in [1.165, 1.54) is 43.4 Å². The van der Waals surface area contributed by atoms with E-state index in [0.717, 1.165) is 15.6 Å². The molecule has 0 aliphatic carbocycles. The molecule has 25 heavy (non-hydrogen) atoms. The van der Waals surface area contributed by atoms with Crippen LogP contribution in [0.5, 0.6) is 0 Å². The standard InChI is InChI=1S/C22H11Cl2N/c23-13-6-5-12-9-18-15-8-7-14(24)11-20(15)25-19-4-2-1-3-16(19)21(22(18)25)17(12)10-13/h1-11H. The molecule has 0 aliphatic rings. The van der Waals surface area contributed by atoms with Crippen LogP contribution in [-0.4, -0.2) is 4.40 Å². The Kier molecular flexibility index (Phi) is 2.52. The van der Waals surface area contributed by atoms with Crippen molar-refractivity contribution in [1.29, 1.82) is 0 Å². The number of fused-ring (bicyclic) bond motifs is 8. The van der Waals surface area contributed by atoms with Gasteiger partial charge in [-0.1, -0.05) is 53.5 Å². The van der Waals surface area contributed by atoms with Crippen LogP contribution < -0.4 is 0 Å². The van der Waals surface area contributed by atoms with Gasteiger partial charge < -0.3 is 4.40 Å². The average molecular weight is 360 g/mol. The highest BCUT2D eigenvalue weighted by Gasteiger charge is 2.19. The molecule has 0 bridgehead atoms. The van der Waals surface area contributed by atoms with Crippen LogP contribution in [0.1, 0.15) is 0 Å². The topological polar surface area (TPSA) is 4.41 Å². The van der Waals surface area contributed by atoms with Gasteiger partial charge >= 0.3 is 0 Å². The van der Waals surface area contributed by atoms with Crippen LogP contribution in [0, 0.1) is 0 Å². The van der Waals surface area contributed by atoms with Crippen molar-refractivity contribution in [1.82, 2.24) is 4.40 Å². The summed E-state index contributed by atoms with van der Waals surface area (Å²) in [6.45, 7) is 0. The average Bonchev–Trinajstić information content (AvgIpc) is 3.12. The van der Waals surface area contributed by atoms with Crippen molar-refractivity contribution in [2.45, 2.75) is 0 Å². The highest BCUT2D eigenvalue weighted by Crippen LogP contribution is 2.43. The van der Waals surface area contributed by atoms with Crippen LogP contribution in [0.25, 0.3) is 48.9 Å². The monoisotopic (exact) mass is 359 g/mol. The van der Waals surface area contributed by atoms with E-state index in [4.69, 9.17) is 23.2 Å². The molecule has 2 heterocycles. The molecule has 0 amide bonds. The highest BCUT2D eigenvalue weighted by molar-refractivity contribution is 6.36. The van der Waals surface area contributed by atoms with E-state index in [0.29, 0.717) is 0 Å². The number of para-hydroxylation sites is 1. The van der Waals surface area contributed by atoms with Crippen molar-refractivity contribution in [2.75, 3.05) is 0 Å². The summed E-state index contributed by atoms with van der Waals surface area (Å²) < 4.78 is 2.33. The summed E-state index contributed by atoms with van der Waals surface area (Å²) in [6.07, 6.45) is 0. The SMILES string of the molecule is Clc1ccc2cc3c4ccc(Cl)cc4n4c5ccccc5c(c2c1)c34. The number of hydrogen-bond acceptors (Lipinski definition) is 0. The van der Waals surface area contributed by atoms with Gasteiger partial charge in [-0.3, -0.25) is 0 Å². The zero-order chi connectivity index (χ0) is 16.7. The molecule has 118 valence electrons. The summed E-state index contributed by atoms with van der Waals surface area (Å²) in [5.41, 5.74) is 3.59. The van der Waals surface area contributed by atoms with Gasteiger partial charge in [0.05, 0.1) is 16.6 Å². The second kappa shape index (κ2) is 4.57. The van der Waals surface area contributed by atoms with Crippen LogP contribution in [0.15, 0.2) is 66.7 Å². The molecule has 0 radical (unpaired) electrons. The number of halogens is 2. The summed E-state index contributed by atoms with van der Waals surface area (Å²) in [5, 5.41) is 8.91. The lowest BCUT2D eigenvalue weighted by molar-refractivity contribution is 1.37. The molecule has 3 heteroatoms. The van der Waals surface area contributed by atoms with E-state index in [1.54, 1.807) is 0 Å². The summed E-state index contributed by atoms with van der Waals surface area (Å²) >= 11 is 12.6. The van der Waals surface area contributed by atoms with Crippen LogP contribution >= 0.6 is 23.2 Å². The summed E-state index contributed by atoms with van der Waals surface area (Å²) in [6, 6.07) is 23.1. The Labute approximate surface area is 153 Å². The third kappa shape index (κ3) is 1.65. The largest absolute Gasteiger partial charge is 0.308 e. The smallest absolute Gasteiger partial charge is 0.0626 e. The van der Waals surface area contributed by atoms with Gasteiger partial charge in [0.15, 0.2) is 0 Å². The third-order valence-electron chi connectivity index (χ3n) is 5.21. The molecule has 0 atom stereocenters. The Morgan fingerprint density at radius 2 is 1.40 bits per heavy atom. The molecular weight excluding hydrogens is 349 g/mol. The van der Waals surface area contributed by atoms with Crippen molar-refractivity contribution in [3.05, 3.63) is 76.8 Å². The fourth-order valence-electron chi connectivity index (χ4n) is 4.24. The number of hydrogen-bond donors (Lipinski definition) is 0. The molecule has 0 spiro atoms. The Bertz CT molecular complexity index is 1440. The van der Waals surface area contributed by atoms with E-state index in [1.807, 2.05) is 12.1 Å². The van der Waals surface area contributed by atoms with E-state index in [9.17, 15) is 0 Å². The number of rotatable bonds is 0. The summed E-state index contributed by atoms with van der Waals surface area (Å²) in [7, 11) is 0. The fourth-order valence-corrected chi connectivity index (χ4v) is 4.57. The van der Waals surface area contributed by atoms with Crippen LogP contribution in [0.3, 0.4) is 0 Å². The molecule has 0 unspecified atom stereocenters. The Morgan fingerprint density at radius 1 is 0.600 bits per heavy atom. The maximum Gasteiger partial charge on any atom is 0.0626 e. The molecule has 0 saturated carbocycles. The minimum absolute atomic E-state index is 0.755. The molecule has 0 N–H and O–H groups in total. The van der Waals surface area contributed by atoms with Gasteiger partial charge in [-0.2, -0.15) is 0 Å². The van der Waals surface area contributed by atoms with Crippen LogP contribution in [-0.2, 0) is 0 Å². The minimum Gasteiger partial charge on any atom is -0.308 e. The summed E-state index contributed by atoms with van der Waals surface area (Å²) in [5.74, 6) is 0. The van der Waals surface area contributed by atoms with Crippen LogP contribution in [0.2, 0.25) is 10.0 Å². The van der Waals surface area contributed by atoms with Gasteiger partial charge in [-0.25, -0.2) is 0 Å². The molecule has 2 aromatic heterocycles. The molecule has 6 rings (SSSR count). The van der Waals surface area contributed by atoms with Gasteiger partial charge in [-0.15, -0.1) is 0 Å². The Morgan fingerprint density at radius 3 is 2.32 bits per heavy atom. The van der Waals surface area contributed by atoms with E-state index in [-0.39, 0.29) is 0 Å². The van der Waals surface area contributed by atoms with Gasteiger partial charge in [0, 0.05) is 31.6 Å². The van der Waals surface area contributed by atoms with Crippen molar-refractivity contribution in [3.63, 3.8) is 0 Å². The first-order valence-electron chi connectivity index (χ1n) is 8.18.